The van der Waals surface area contributed by atoms with E-state index in [4.69, 9.17) is 11.6 Å². The maximum absolute atomic E-state index is 9.92. The Bertz CT molecular complexity index is 718. The second-order valence-corrected chi connectivity index (χ2v) is 6.52. The number of aromatic hydroxyl groups is 1. The molecule has 0 radical (unpaired) electrons. The number of aryl methyl sites for hydroxylation is 3. The number of hydrogen-bond donors (Lipinski definition) is 1. The van der Waals surface area contributed by atoms with Gasteiger partial charge in [-0.15, -0.1) is 0 Å². The van der Waals surface area contributed by atoms with Crippen LogP contribution in [0.5, 0.6) is 5.75 Å². The Hall–Kier alpha value is -2.06. The smallest absolute Gasteiger partial charge is 0.125 e. The Kier molecular flexibility index (Phi) is 7.73. The first-order chi connectivity index (χ1) is 11.2. The first-order valence-electron chi connectivity index (χ1n) is 7.89. The van der Waals surface area contributed by atoms with Crippen LogP contribution in [0.25, 0.3) is 0 Å². The fourth-order valence-electron chi connectivity index (χ4n) is 2.08. The van der Waals surface area contributed by atoms with Crippen LogP contribution in [0.4, 0.5) is 0 Å². The number of phenols is 1. The molecule has 0 aromatic heterocycles. The van der Waals surface area contributed by atoms with Crippen LogP contribution >= 0.6 is 11.6 Å². The molecule has 0 bridgehead atoms. The summed E-state index contributed by atoms with van der Waals surface area (Å²) in [5.74, 6) is 0.293. The van der Waals surface area contributed by atoms with Gasteiger partial charge in [0.1, 0.15) is 5.75 Å². The van der Waals surface area contributed by atoms with Gasteiger partial charge in [0.25, 0.3) is 0 Å². The van der Waals surface area contributed by atoms with Gasteiger partial charge in [-0.2, -0.15) is 0 Å². The lowest BCUT2D eigenvalue weighted by Gasteiger charge is -2.08. The van der Waals surface area contributed by atoms with Crippen LogP contribution in [0.1, 0.15) is 36.1 Å². The molecule has 0 aliphatic rings. The number of halogens is 1. The van der Waals surface area contributed by atoms with Gasteiger partial charge in [0, 0.05) is 17.6 Å². The van der Waals surface area contributed by atoms with Crippen molar-refractivity contribution in [1.82, 2.24) is 0 Å². The van der Waals surface area contributed by atoms with Gasteiger partial charge in [-0.05, 0) is 76.1 Å². The lowest BCUT2D eigenvalue weighted by molar-refractivity contribution is 0.473. The van der Waals surface area contributed by atoms with E-state index in [1.165, 1.54) is 11.1 Å². The summed E-state index contributed by atoms with van der Waals surface area (Å²) in [7, 11) is 1.74. The molecule has 2 aromatic rings. The molecule has 0 atom stereocenters. The number of aliphatic imine (C=N–C) groups is 1. The third kappa shape index (κ3) is 6.21. The maximum Gasteiger partial charge on any atom is 0.125 e. The van der Waals surface area contributed by atoms with Gasteiger partial charge >= 0.3 is 0 Å². The Labute approximate surface area is 150 Å². The summed E-state index contributed by atoms with van der Waals surface area (Å²) in [5, 5.41) is 10.7. The van der Waals surface area contributed by atoms with Crippen LogP contribution < -0.4 is 0 Å². The summed E-state index contributed by atoms with van der Waals surface area (Å²) in [5.41, 5.74) is 6.28. The number of benzene rings is 2. The molecule has 0 spiro atoms. The van der Waals surface area contributed by atoms with Crippen molar-refractivity contribution >= 4 is 17.3 Å². The van der Waals surface area contributed by atoms with Crippen molar-refractivity contribution in [3.05, 3.63) is 75.3 Å². The number of rotatable bonds is 2. The average molecular weight is 344 g/mol. The number of nitrogens with zero attached hydrogens (tertiary/aromatic N) is 1. The summed E-state index contributed by atoms with van der Waals surface area (Å²) in [4.78, 5) is 4.21. The zero-order valence-electron chi connectivity index (χ0n) is 15.3. The van der Waals surface area contributed by atoms with Crippen LogP contribution in [-0.4, -0.2) is 17.9 Å². The monoisotopic (exact) mass is 343 g/mol. The van der Waals surface area contributed by atoms with Crippen molar-refractivity contribution in [2.24, 2.45) is 4.99 Å². The molecule has 128 valence electrons. The minimum Gasteiger partial charge on any atom is -0.507 e. The van der Waals surface area contributed by atoms with E-state index in [0.717, 1.165) is 27.4 Å². The quantitative estimate of drug-likeness (QED) is 0.662. The number of hydrogen-bond acceptors (Lipinski definition) is 2. The Morgan fingerprint density at radius 2 is 1.54 bits per heavy atom. The summed E-state index contributed by atoms with van der Waals surface area (Å²) in [6.07, 6.45) is 1.98. The zero-order chi connectivity index (χ0) is 18.3. The van der Waals surface area contributed by atoms with E-state index in [9.17, 15) is 5.11 Å². The largest absolute Gasteiger partial charge is 0.507 e. The Morgan fingerprint density at radius 3 is 2.00 bits per heavy atom. The SMILES string of the molecule is CN=C(C=C(C)C)c1cc(C)c(C)cc1O.Cc1ccc(Cl)cc1. The third-order valence-corrected chi connectivity index (χ3v) is 3.82. The molecule has 0 amide bonds. The van der Waals surface area contributed by atoms with Gasteiger partial charge in [0.15, 0.2) is 0 Å². The van der Waals surface area contributed by atoms with Crippen molar-refractivity contribution in [3.8, 4) is 5.75 Å². The summed E-state index contributed by atoms with van der Waals surface area (Å²) in [6, 6.07) is 11.5. The fourth-order valence-corrected chi connectivity index (χ4v) is 2.20. The van der Waals surface area contributed by atoms with Crippen LogP contribution in [0.3, 0.4) is 0 Å². The summed E-state index contributed by atoms with van der Waals surface area (Å²) < 4.78 is 0. The molecular weight excluding hydrogens is 318 g/mol. The predicted molar refractivity (Wildman–Crippen MR) is 106 cm³/mol. The van der Waals surface area contributed by atoms with Gasteiger partial charge in [-0.1, -0.05) is 34.9 Å². The minimum atomic E-state index is 0.293. The molecule has 0 saturated heterocycles. The van der Waals surface area contributed by atoms with E-state index in [1.54, 1.807) is 13.1 Å². The lowest BCUT2D eigenvalue weighted by Crippen LogP contribution is -1.99. The molecule has 2 rings (SSSR count). The predicted octanol–water partition coefficient (Wildman–Crippen LogP) is 6.04. The molecule has 0 unspecified atom stereocenters. The summed E-state index contributed by atoms with van der Waals surface area (Å²) >= 11 is 5.61. The average Bonchev–Trinajstić information content (AvgIpc) is 2.52. The minimum absolute atomic E-state index is 0.293. The fraction of sp³-hybridized carbons (Fsp3) is 0.286. The topological polar surface area (TPSA) is 32.6 Å². The molecule has 24 heavy (non-hydrogen) atoms. The van der Waals surface area contributed by atoms with E-state index >= 15 is 0 Å². The molecule has 2 aromatic carbocycles. The highest BCUT2D eigenvalue weighted by atomic mass is 35.5. The van der Waals surface area contributed by atoms with Crippen molar-refractivity contribution in [1.29, 1.82) is 0 Å². The molecule has 0 saturated carbocycles. The van der Waals surface area contributed by atoms with Crippen LogP contribution in [-0.2, 0) is 0 Å². The molecule has 3 heteroatoms. The maximum atomic E-state index is 9.92. The molecule has 0 fully saturated rings. The van der Waals surface area contributed by atoms with Gasteiger partial charge in [0.2, 0.25) is 0 Å². The highest BCUT2D eigenvalue weighted by molar-refractivity contribution is 6.30. The van der Waals surface area contributed by atoms with Crippen molar-refractivity contribution in [2.45, 2.75) is 34.6 Å². The normalized spacial score (nSPS) is 10.7. The first-order valence-corrected chi connectivity index (χ1v) is 8.26. The second kappa shape index (κ2) is 9.29. The van der Waals surface area contributed by atoms with Crippen molar-refractivity contribution in [3.63, 3.8) is 0 Å². The highest BCUT2D eigenvalue weighted by Crippen LogP contribution is 2.23. The Balaban J connectivity index is 0.000000300. The van der Waals surface area contributed by atoms with Gasteiger partial charge in [-0.25, -0.2) is 0 Å². The molecule has 0 aliphatic carbocycles. The van der Waals surface area contributed by atoms with E-state index in [2.05, 4.69) is 4.99 Å². The van der Waals surface area contributed by atoms with Gasteiger partial charge in [0.05, 0.1) is 5.71 Å². The van der Waals surface area contributed by atoms with E-state index in [1.807, 2.05) is 71.0 Å². The molecule has 2 nitrogen and oxygen atoms in total. The van der Waals surface area contributed by atoms with E-state index < -0.39 is 0 Å². The van der Waals surface area contributed by atoms with Crippen LogP contribution in [0.15, 0.2) is 53.0 Å². The lowest BCUT2D eigenvalue weighted by atomic mass is 10.0. The van der Waals surface area contributed by atoms with Gasteiger partial charge in [-0.3, -0.25) is 4.99 Å². The van der Waals surface area contributed by atoms with Gasteiger partial charge < -0.3 is 5.11 Å². The zero-order valence-corrected chi connectivity index (χ0v) is 16.1. The van der Waals surface area contributed by atoms with E-state index in [-0.39, 0.29) is 0 Å². The van der Waals surface area contributed by atoms with Crippen LogP contribution in [0, 0.1) is 20.8 Å². The molecular formula is C21H26ClNO. The van der Waals surface area contributed by atoms with Crippen molar-refractivity contribution < 1.29 is 5.11 Å². The third-order valence-electron chi connectivity index (χ3n) is 3.57. The molecule has 0 heterocycles. The van der Waals surface area contributed by atoms with E-state index in [0.29, 0.717) is 5.75 Å². The number of phenolic OH excluding ortho intramolecular Hbond substituents is 1. The highest BCUT2D eigenvalue weighted by Gasteiger charge is 2.08. The van der Waals surface area contributed by atoms with Crippen LogP contribution in [0.2, 0.25) is 5.02 Å². The van der Waals surface area contributed by atoms with Crippen molar-refractivity contribution in [2.75, 3.05) is 7.05 Å². The molecule has 1 N–H and O–H groups in total. The summed E-state index contributed by atoms with van der Waals surface area (Å²) in [6.45, 7) is 10.1. The molecule has 0 aliphatic heterocycles. The Morgan fingerprint density at radius 1 is 1.00 bits per heavy atom. The standard InChI is InChI=1S/C14H19NO.C7H7Cl/c1-9(2)6-13(15-5)12-7-10(3)11(4)8-14(12)16;1-6-2-4-7(8)5-3-6/h6-8,16H,1-5H3;2-5H,1H3. The first kappa shape index (κ1) is 20.0. The second-order valence-electron chi connectivity index (χ2n) is 6.08. The number of allylic oxidation sites excluding steroid dienone is 2.